The number of methoxy groups -OCH3 is 2. The summed E-state index contributed by atoms with van der Waals surface area (Å²) in [6, 6.07) is 11.8. The van der Waals surface area contributed by atoms with Crippen LogP contribution in [0.3, 0.4) is 0 Å². The molecule has 0 saturated heterocycles. The number of halogens is 1. The van der Waals surface area contributed by atoms with Crippen molar-refractivity contribution in [3.05, 3.63) is 65.0 Å². The van der Waals surface area contributed by atoms with Crippen molar-refractivity contribution < 1.29 is 18.7 Å². The van der Waals surface area contributed by atoms with Crippen molar-refractivity contribution in [2.75, 3.05) is 27.3 Å². The summed E-state index contributed by atoms with van der Waals surface area (Å²) in [4.78, 5) is 16.4. The van der Waals surface area contributed by atoms with Crippen molar-refractivity contribution in [1.29, 1.82) is 0 Å². The van der Waals surface area contributed by atoms with Gasteiger partial charge in [0.2, 0.25) is 0 Å². The third kappa shape index (κ3) is 6.26. The van der Waals surface area contributed by atoms with E-state index >= 15 is 0 Å². The van der Waals surface area contributed by atoms with Gasteiger partial charge in [-0.25, -0.2) is 14.2 Å². The molecule has 150 valence electrons. The summed E-state index contributed by atoms with van der Waals surface area (Å²) in [7, 11) is 2.84. The van der Waals surface area contributed by atoms with Crippen molar-refractivity contribution in [3.8, 4) is 5.75 Å². The summed E-state index contributed by atoms with van der Waals surface area (Å²) >= 11 is 0. The van der Waals surface area contributed by atoms with Crippen LogP contribution in [0.1, 0.15) is 28.4 Å². The molecule has 0 aromatic heterocycles. The molecule has 2 N–H and O–H groups in total. The number of hydrogen-bond donors (Lipinski definition) is 2. The van der Waals surface area contributed by atoms with Crippen molar-refractivity contribution >= 4 is 11.9 Å². The van der Waals surface area contributed by atoms with Gasteiger partial charge in [0, 0.05) is 13.1 Å². The van der Waals surface area contributed by atoms with Gasteiger partial charge in [-0.15, -0.1) is 0 Å². The van der Waals surface area contributed by atoms with Gasteiger partial charge in [-0.3, -0.25) is 0 Å². The van der Waals surface area contributed by atoms with E-state index in [0.29, 0.717) is 43.3 Å². The van der Waals surface area contributed by atoms with Crippen molar-refractivity contribution in [2.45, 2.75) is 19.9 Å². The molecule has 7 heteroatoms. The number of guanidine groups is 1. The Morgan fingerprint density at radius 2 is 1.93 bits per heavy atom. The highest BCUT2D eigenvalue weighted by Gasteiger charge is 2.13. The predicted octanol–water partition coefficient (Wildman–Crippen LogP) is 2.92. The highest BCUT2D eigenvalue weighted by Crippen LogP contribution is 2.21. The Morgan fingerprint density at radius 3 is 2.61 bits per heavy atom. The molecule has 0 heterocycles. The van der Waals surface area contributed by atoms with Crippen LogP contribution in [0, 0.1) is 5.82 Å². The van der Waals surface area contributed by atoms with E-state index in [-0.39, 0.29) is 5.82 Å². The second-order valence-corrected chi connectivity index (χ2v) is 6.03. The maximum atomic E-state index is 13.3. The monoisotopic (exact) mass is 387 g/mol. The fourth-order valence-corrected chi connectivity index (χ4v) is 2.65. The fourth-order valence-electron chi connectivity index (χ4n) is 2.65. The molecule has 0 bridgehead atoms. The molecule has 0 amide bonds. The van der Waals surface area contributed by atoms with E-state index in [2.05, 4.69) is 15.6 Å². The first-order chi connectivity index (χ1) is 13.6. The Morgan fingerprint density at radius 1 is 1.11 bits per heavy atom. The lowest BCUT2D eigenvalue weighted by molar-refractivity contribution is 0.0597. The molecular formula is C21H26FN3O3. The van der Waals surface area contributed by atoms with E-state index in [0.717, 1.165) is 11.1 Å². The van der Waals surface area contributed by atoms with E-state index in [1.807, 2.05) is 19.1 Å². The minimum absolute atomic E-state index is 0.237. The molecule has 0 saturated carbocycles. The van der Waals surface area contributed by atoms with Crippen LogP contribution in [-0.4, -0.2) is 39.2 Å². The van der Waals surface area contributed by atoms with Crippen LogP contribution in [-0.2, 0) is 17.7 Å². The van der Waals surface area contributed by atoms with Crippen LogP contribution >= 0.6 is 0 Å². The SMILES string of the molecule is CCNC(=NCc1ccc(OC)c(C(=O)OC)c1)NCCc1cccc(F)c1. The summed E-state index contributed by atoms with van der Waals surface area (Å²) in [5.74, 6) is 0.413. The normalized spacial score (nSPS) is 11.1. The van der Waals surface area contributed by atoms with Crippen molar-refractivity contribution in [2.24, 2.45) is 4.99 Å². The van der Waals surface area contributed by atoms with Crippen molar-refractivity contribution in [3.63, 3.8) is 0 Å². The highest BCUT2D eigenvalue weighted by atomic mass is 19.1. The first-order valence-corrected chi connectivity index (χ1v) is 9.09. The van der Waals surface area contributed by atoms with Gasteiger partial charge < -0.3 is 20.1 Å². The zero-order valence-corrected chi connectivity index (χ0v) is 16.4. The first kappa shape index (κ1) is 21.2. The van der Waals surface area contributed by atoms with E-state index in [4.69, 9.17) is 9.47 Å². The van der Waals surface area contributed by atoms with Crippen LogP contribution in [0.2, 0.25) is 0 Å². The zero-order chi connectivity index (χ0) is 20.4. The van der Waals surface area contributed by atoms with Crippen molar-refractivity contribution in [1.82, 2.24) is 10.6 Å². The van der Waals surface area contributed by atoms with Gasteiger partial charge in [-0.1, -0.05) is 18.2 Å². The molecule has 0 radical (unpaired) electrons. The number of carbonyl (C=O) groups excluding carboxylic acids is 1. The predicted molar refractivity (Wildman–Crippen MR) is 107 cm³/mol. The smallest absolute Gasteiger partial charge is 0.341 e. The maximum Gasteiger partial charge on any atom is 0.341 e. The zero-order valence-electron chi connectivity index (χ0n) is 16.4. The number of nitrogens with one attached hydrogen (secondary N) is 2. The summed E-state index contributed by atoms with van der Waals surface area (Å²) in [6.07, 6.45) is 0.678. The lowest BCUT2D eigenvalue weighted by atomic mass is 10.1. The summed E-state index contributed by atoms with van der Waals surface area (Å²) in [6.45, 7) is 3.68. The summed E-state index contributed by atoms with van der Waals surface area (Å²) in [5.41, 5.74) is 2.13. The van der Waals surface area contributed by atoms with Gasteiger partial charge in [0.25, 0.3) is 0 Å². The van der Waals surface area contributed by atoms with E-state index in [1.54, 1.807) is 18.2 Å². The number of hydrogen-bond acceptors (Lipinski definition) is 4. The lowest BCUT2D eigenvalue weighted by Crippen LogP contribution is -2.38. The third-order valence-corrected chi connectivity index (χ3v) is 4.03. The van der Waals surface area contributed by atoms with Gasteiger partial charge in [0.15, 0.2) is 5.96 Å². The number of benzene rings is 2. The van der Waals surface area contributed by atoms with E-state index < -0.39 is 5.97 Å². The molecule has 0 aliphatic rings. The number of rotatable bonds is 8. The highest BCUT2D eigenvalue weighted by molar-refractivity contribution is 5.92. The molecule has 0 spiro atoms. The van der Waals surface area contributed by atoms with Crippen LogP contribution in [0.5, 0.6) is 5.75 Å². The summed E-state index contributed by atoms with van der Waals surface area (Å²) in [5, 5.41) is 6.40. The lowest BCUT2D eigenvalue weighted by Gasteiger charge is -2.12. The molecule has 0 fully saturated rings. The number of nitrogens with zero attached hydrogens (tertiary/aromatic N) is 1. The van der Waals surface area contributed by atoms with Crippen LogP contribution in [0.15, 0.2) is 47.5 Å². The topological polar surface area (TPSA) is 72.0 Å². The molecule has 0 aliphatic carbocycles. The molecule has 2 aromatic rings. The maximum absolute atomic E-state index is 13.3. The number of ether oxygens (including phenoxy) is 2. The quantitative estimate of drug-likeness (QED) is 0.414. The Bertz CT molecular complexity index is 824. The Labute approximate surface area is 164 Å². The largest absolute Gasteiger partial charge is 0.496 e. The number of esters is 1. The molecule has 2 aromatic carbocycles. The second-order valence-electron chi connectivity index (χ2n) is 6.03. The second kappa shape index (κ2) is 10.9. The Kier molecular flexibility index (Phi) is 8.27. The molecule has 0 unspecified atom stereocenters. The Balaban J connectivity index is 2.02. The molecule has 2 rings (SSSR count). The van der Waals surface area contributed by atoms with Gasteiger partial charge in [-0.05, 0) is 48.7 Å². The van der Waals surface area contributed by atoms with Gasteiger partial charge >= 0.3 is 5.97 Å². The van der Waals surface area contributed by atoms with Crippen LogP contribution in [0.4, 0.5) is 4.39 Å². The minimum atomic E-state index is -0.456. The average Bonchev–Trinajstić information content (AvgIpc) is 2.71. The molecule has 0 aliphatic heterocycles. The first-order valence-electron chi connectivity index (χ1n) is 9.09. The van der Waals surface area contributed by atoms with Crippen LogP contribution in [0.25, 0.3) is 0 Å². The van der Waals surface area contributed by atoms with Gasteiger partial charge in [-0.2, -0.15) is 0 Å². The number of carbonyl (C=O) groups is 1. The summed E-state index contributed by atoms with van der Waals surface area (Å²) < 4.78 is 23.3. The molecule has 0 atom stereocenters. The third-order valence-electron chi connectivity index (χ3n) is 4.03. The van der Waals surface area contributed by atoms with Gasteiger partial charge in [0.05, 0.1) is 20.8 Å². The fraction of sp³-hybridized carbons (Fsp3) is 0.333. The average molecular weight is 387 g/mol. The van der Waals surface area contributed by atoms with E-state index in [1.165, 1.54) is 26.4 Å². The number of aliphatic imine (C=N–C) groups is 1. The molecule has 28 heavy (non-hydrogen) atoms. The molecule has 6 nitrogen and oxygen atoms in total. The van der Waals surface area contributed by atoms with Crippen LogP contribution < -0.4 is 15.4 Å². The Hall–Kier alpha value is -3.09. The van der Waals surface area contributed by atoms with Gasteiger partial charge in [0.1, 0.15) is 17.1 Å². The minimum Gasteiger partial charge on any atom is -0.496 e. The molecular weight excluding hydrogens is 361 g/mol. The standard InChI is InChI=1S/C21H26FN3O3/c1-4-23-21(24-11-10-15-6-5-7-17(22)12-15)25-14-16-8-9-19(27-2)18(13-16)20(26)28-3/h5-9,12-13H,4,10-11,14H2,1-3H3,(H2,23,24,25). The van der Waals surface area contributed by atoms with E-state index in [9.17, 15) is 9.18 Å².